The van der Waals surface area contributed by atoms with E-state index in [2.05, 4.69) is 0 Å². The van der Waals surface area contributed by atoms with E-state index in [1.807, 2.05) is 0 Å². The van der Waals surface area contributed by atoms with Crippen molar-refractivity contribution >= 4 is 23.7 Å². The second-order valence-electron chi connectivity index (χ2n) is 5.68. The summed E-state index contributed by atoms with van der Waals surface area (Å²) in [5.74, 6) is -0.256. The summed E-state index contributed by atoms with van der Waals surface area (Å²) in [7, 11) is 5.88. The predicted octanol–water partition coefficient (Wildman–Crippen LogP) is 3.98. The van der Waals surface area contributed by atoms with E-state index in [0.29, 0.717) is 34.1 Å². The quantitative estimate of drug-likeness (QED) is 0.445. The molecule has 6 nitrogen and oxygen atoms in total. The van der Waals surface area contributed by atoms with E-state index in [-0.39, 0.29) is 0 Å². The first-order valence-electron chi connectivity index (χ1n) is 10.1. The first-order valence-corrected chi connectivity index (χ1v) is 8.57. The van der Waals surface area contributed by atoms with Gasteiger partial charge in [0.2, 0.25) is 0 Å². The van der Waals surface area contributed by atoms with Crippen molar-refractivity contribution < 1.29 is 32.6 Å². The van der Waals surface area contributed by atoms with Crippen LogP contribution in [0.4, 0.5) is 0 Å². The van der Waals surface area contributed by atoms with Gasteiger partial charge in [0.15, 0.2) is 34.6 Å². The van der Waals surface area contributed by atoms with Crippen LogP contribution in [0.2, 0.25) is 0 Å². The van der Waals surface area contributed by atoms with Crippen molar-refractivity contribution in [2.75, 3.05) is 28.4 Å². The lowest BCUT2D eigenvalue weighted by Gasteiger charge is -2.07. The van der Waals surface area contributed by atoms with Crippen molar-refractivity contribution in [2.24, 2.45) is 0 Å². The minimum Gasteiger partial charge on any atom is -0.493 e. The molecule has 2 aromatic rings. The smallest absolute Gasteiger partial charge is 0.163 e. The molecule has 0 heterocycles. The number of carbonyl (C=O) groups is 2. The molecule has 0 saturated heterocycles. The van der Waals surface area contributed by atoms with Gasteiger partial charge in [-0.1, -0.05) is 24.3 Å². The molecule has 0 N–H and O–H groups in total. The van der Waals surface area contributed by atoms with Crippen molar-refractivity contribution in [3.63, 3.8) is 0 Å². The van der Waals surface area contributed by atoms with E-state index in [9.17, 15) is 9.59 Å². The van der Waals surface area contributed by atoms with E-state index in [1.165, 1.54) is 40.6 Å². The van der Waals surface area contributed by atoms with Gasteiger partial charge in [-0.2, -0.15) is 0 Å². The van der Waals surface area contributed by atoms with Crippen molar-refractivity contribution in [3.8, 4) is 23.0 Å². The number of ketones is 2. The maximum atomic E-state index is 12.4. The standard InChI is InChI=1S/C23H24O6/c1-26-20-11-7-16(13-22(20)28-3)5-9-18(24)15-19(25)10-6-17-8-12-21(27-2)23(14-17)29-4/h5-14H,15H2,1-4H3/b9-5+,10-6+/i9D,10D,15D. The molecule has 0 aromatic heterocycles. The highest BCUT2D eigenvalue weighted by Crippen LogP contribution is 2.28. The fourth-order valence-corrected chi connectivity index (χ4v) is 2.40. The maximum Gasteiger partial charge on any atom is 0.163 e. The van der Waals surface area contributed by atoms with E-state index in [1.54, 1.807) is 36.4 Å². The average molecular weight is 399 g/mol. The Morgan fingerprint density at radius 1 is 0.759 bits per heavy atom. The second-order valence-corrected chi connectivity index (χ2v) is 5.68. The van der Waals surface area contributed by atoms with Gasteiger partial charge in [-0.05, 0) is 47.5 Å². The molecule has 2 aromatic carbocycles. The van der Waals surface area contributed by atoms with Crippen LogP contribution in [-0.4, -0.2) is 40.0 Å². The highest BCUT2D eigenvalue weighted by molar-refractivity contribution is 6.10. The van der Waals surface area contributed by atoms with Crippen LogP contribution in [0.3, 0.4) is 0 Å². The molecule has 29 heavy (non-hydrogen) atoms. The predicted molar refractivity (Wildman–Crippen MR) is 112 cm³/mol. The van der Waals surface area contributed by atoms with Crippen molar-refractivity contribution in [2.45, 2.75) is 6.40 Å². The molecule has 0 atom stereocenters. The third-order valence-corrected chi connectivity index (χ3v) is 3.84. The van der Waals surface area contributed by atoms with Crippen molar-refractivity contribution in [1.29, 1.82) is 0 Å². The average Bonchev–Trinajstić information content (AvgIpc) is 2.82. The number of methoxy groups -OCH3 is 4. The summed E-state index contributed by atoms with van der Waals surface area (Å²) in [6.45, 7) is 0. The summed E-state index contributed by atoms with van der Waals surface area (Å²) >= 11 is 0. The number of benzene rings is 2. The van der Waals surface area contributed by atoms with Crippen LogP contribution < -0.4 is 18.9 Å². The Bertz CT molecular complexity index is 978. The molecule has 0 radical (unpaired) electrons. The highest BCUT2D eigenvalue weighted by Gasteiger charge is 2.07. The lowest BCUT2D eigenvalue weighted by atomic mass is 10.1. The SMILES string of the molecule is [2H]/C(=C\c1ccc(OC)c(OC)c1)C(=O)C([2H])C(=O)/C([2H])=C/c1ccc(OC)c(OC)c1. The Kier molecular flexibility index (Phi) is 6.48. The van der Waals surface area contributed by atoms with Gasteiger partial charge in [-0.25, -0.2) is 0 Å². The fourth-order valence-electron chi connectivity index (χ4n) is 2.40. The number of rotatable bonds is 10. The van der Waals surface area contributed by atoms with Gasteiger partial charge < -0.3 is 18.9 Å². The zero-order valence-corrected chi connectivity index (χ0v) is 16.6. The number of carbonyl (C=O) groups excluding carboxylic acids is 2. The second kappa shape index (κ2) is 10.7. The molecular weight excluding hydrogens is 372 g/mol. The fraction of sp³-hybridized carbons (Fsp3) is 0.217. The van der Waals surface area contributed by atoms with E-state index >= 15 is 0 Å². The van der Waals surface area contributed by atoms with Crippen LogP contribution in [0.1, 0.15) is 21.6 Å². The summed E-state index contributed by atoms with van der Waals surface area (Å²) in [4.78, 5) is 24.9. The zero-order chi connectivity index (χ0) is 23.8. The summed E-state index contributed by atoms with van der Waals surface area (Å²) < 4.78 is 44.6. The summed E-state index contributed by atoms with van der Waals surface area (Å²) in [5, 5.41) is 0. The molecule has 0 amide bonds. The highest BCUT2D eigenvalue weighted by atomic mass is 16.5. The lowest BCUT2D eigenvalue weighted by Crippen LogP contribution is -2.02. The molecule has 0 fully saturated rings. The zero-order valence-electron chi connectivity index (χ0n) is 19.6. The van der Waals surface area contributed by atoms with Crippen LogP contribution in [0.15, 0.2) is 48.5 Å². The first kappa shape index (κ1) is 17.6. The van der Waals surface area contributed by atoms with Crippen LogP contribution in [0.5, 0.6) is 23.0 Å². The molecule has 0 saturated carbocycles. The lowest BCUT2D eigenvalue weighted by molar-refractivity contribution is -0.121. The van der Waals surface area contributed by atoms with E-state index < -0.39 is 30.1 Å². The molecule has 152 valence electrons. The number of ether oxygens (including phenoxy) is 4. The van der Waals surface area contributed by atoms with Gasteiger partial charge in [-0.3, -0.25) is 9.59 Å². The molecule has 2 rings (SSSR count). The Hall–Kier alpha value is -3.54. The normalized spacial score (nSPS) is 14.1. The largest absolute Gasteiger partial charge is 0.493 e. The Morgan fingerprint density at radius 2 is 1.14 bits per heavy atom. The van der Waals surface area contributed by atoms with Crippen molar-refractivity contribution in [3.05, 3.63) is 59.6 Å². The molecule has 6 heteroatoms. The molecule has 0 aliphatic rings. The summed E-state index contributed by atoms with van der Waals surface area (Å²) in [6, 6.07) is 8.49. The molecule has 0 aliphatic carbocycles. The minimum absolute atomic E-state index is 0.409. The van der Waals surface area contributed by atoms with Gasteiger partial charge in [-0.15, -0.1) is 0 Å². The topological polar surface area (TPSA) is 71.1 Å². The summed E-state index contributed by atoms with van der Waals surface area (Å²) in [5.41, 5.74) is 0.931. The molecule has 0 aliphatic heterocycles. The number of hydrogen-bond donors (Lipinski definition) is 0. The van der Waals surface area contributed by atoms with Gasteiger partial charge in [0, 0.05) is 1.37 Å². The number of allylic oxidation sites excluding steroid dienone is 2. The number of hydrogen-bond acceptors (Lipinski definition) is 6. The monoisotopic (exact) mass is 399 g/mol. The van der Waals surface area contributed by atoms with Crippen LogP contribution in [0.25, 0.3) is 12.2 Å². The Labute approximate surface area is 174 Å². The van der Waals surface area contributed by atoms with Gasteiger partial charge in [0.25, 0.3) is 0 Å². The van der Waals surface area contributed by atoms with Crippen LogP contribution in [-0.2, 0) is 9.59 Å². The maximum absolute atomic E-state index is 12.4. The van der Waals surface area contributed by atoms with Crippen LogP contribution in [0, 0.1) is 0 Å². The third kappa shape index (κ3) is 6.24. The molecule has 0 bridgehead atoms. The van der Waals surface area contributed by atoms with Crippen LogP contribution >= 0.6 is 0 Å². The van der Waals surface area contributed by atoms with E-state index in [0.717, 1.165) is 0 Å². The van der Waals surface area contributed by atoms with Crippen molar-refractivity contribution in [1.82, 2.24) is 0 Å². The molecular formula is C23H24O6. The minimum atomic E-state index is -1.93. The third-order valence-electron chi connectivity index (χ3n) is 3.84. The molecule has 0 spiro atoms. The van der Waals surface area contributed by atoms with E-state index in [4.69, 9.17) is 23.1 Å². The molecule has 0 unspecified atom stereocenters. The first-order chi connectivity index (χ1) is 15.2. The Balaban J connectivity index is 2.21. The van der Waals surface area contributed by atoms with Gasteiger partial charge in [0.05, 0.1) is 37.6 Å². The van der Waals surface area contributed by atoms with Gasteiger partial charge >= 0.3 is 0 Å². The Morgan fingerprint density at radius 3 is 1.48 bits per heavy atom. The van der Waals surface area contributed by atoms with Gasteiger partial charge in [0.1, 0.15) is 0 Å². The summed E-state index contributed by atoms with van der Waals surface area (Å²) in [6.07, 6.45) is 0.518.